The number of aromatic amines is 1. The van der Waals surface area contributed by atoms with E-state index < -0.39 is 0 Å². The zero-order valence-corrected chi connectivity index (χ0v) is 35.3. The van der Waals surface area contributed by atoms with Gasteiger partial charge in [0, 0.05) is 27.7 Å². The molecule has 0 aliphatic heterocycles. The third kappa shape index (κ3) is 3.85. The van der Waals surface area contributed by atoms with E-state index in [9.17, 15) is 0 Å². The molecule has 0 bridgehead atoms. The van der Waals surface area contributed by atoms with Gasteiger partial charge in [0.1, 0.15) is 0 Å². The summed E-state index contributed by atoms with van der Waals surface area (Å²) in [6.07, 6.45) is 3.62. The number of H-pyrrole nitrogens is 1. The molecule has 14 aromatic rings. The highest BCUT2D eigenvalue weighted by molar-refractivity contribution is 6.51. The first-order chi connectivity index (χ1) is 30.9. The van der Waals surface area contributed by atoms with Crippen molar-refractivity contribution in [2.24, 2.45) is 0 Å². The molecule has 0 radical (unpaired) electrons. The van der Waals surface area contributed by atoms with Crippen molar-refractivity contribution >= 4 is 125 Å². The summed E-state index contributed by atoms with van der Waals surface area (Å²) in [5, 5.41) is 28.6. The third-order valence-corrected chi connectivity index (χ3v) is 15.9. The summed E-state index contributed by atoms with van der Waals surface area (Å²) < 4.78 is 0. The van der Waals surface area contributed by atoms with E-state index in [-0.39, 0.29) is 5.41 Å². The smallest absolute Gasteiger partial charge is 0.0465 e. The van der Waals surface area contributed by atoms with Crippen LogP contribution >= 0.6 is 0 Å². The molecule has 0 spiro atoms. The van der Waals surface area contributed by atoms with Gasteiger partial charge < -0.3 is 4.98 Å². The first-order valence-electron chi connectivity index (χ1n) is 22.7. The standard InChI is InChI=1S/C62H39N/c1-62(2,3)33-17-18-35-39-19-20-40-42-23-25-45-57-46(26-24-43(56(42)57)41-21-22-44(47(35)30-33)54(39)55(40)41)60-58-38-14-7-6-13-37(38)53-34-11-5-4-10-31(34)28-49(61(53)58)52(59(45)60)32-16-27-51-48(29-32)36-12-8-9-15-50(36)63-51/h4-18,20-30,39,63H,19H2,1-3H3. The predicted octanol–water partition coefficient (Wildman–Crippen LogP) is 16.6. The number of nitrogens with one attached hydrogen (secondary N) is 1. The van der Waals surface area contributed by atoms with Crippen molar-refractivity contribution < 1.29 is 0 Å². The molecule has 1 nitrogen and oxygen atoms in total. The van der Waals surface area contributed by atoms with Gasteiger partial charge in [0.2, 0.25) is 0 Å². The van der Waals surface area contributed by atoms with Gasteiger partial charge in [-0.15, -0.1) is 0 Å². The Balaban J connectivity index is 1.10. The zero-order valence-electron chi connectivity index (χ0n) is 35.3. The minimum atomic E-state index is 0.101. The van der Waals surface area contributed by atoms with Gasteiger partial charge in [-0.25, -0.2) is 0 Å². The zero-order chi connectivity index (χ0) is 41.2. The molecule has 2 aliphatic rings. The largest absolute Gasteiger partial charge is 0.355 e. The fraction of sp³-hybridized carbons (Fsp3) is 0.0968. The summed E-state index contributed by atoms with van der Waals surface area (Å²) in [5.74, 6) is 0.400. The maximum atomic E-state index is 3.71. The molecule has 0 fully saturated rings. The van der Waals surface area contributed by atoms with Crippen molar-refractivity contribution in [1.29, 1.82) is 0 Å². The van der Waals surface area contributed by atoms with E-state index in [1.807, 2.05) is 0 Å². The molecule has 0 saturated heterocycles. The van der Waals surface area contributed by atoms with Crippen molar-refractivity contribution in [2.45, 2.75) is 38.5 Å². The highest BCUT2D eigenvalue weighted by Gasteiger charge is 2.35. The van der Waals surface area contributed by atoms with Crippen molar-refractivity contribution in [1.82, 2.24) is 4.98 Å². The summed E-state index contributed by atoms with van der Waals surface area (Å²) in [6.45, 7) is 7.00. The van der Waals surface area contributed by atoms with Gasteiger partial charge in [-0.1, -0.05) is 154 Å². The lowest BCUT2D eigenvalue weighted by molar-refractivity contribution is 0.590. The molecule has 16 rings (SSSR count). The van der Waals surface area contributed by atoms with E-state index in [0.29, 0.717) is 5.92 Å². The van der Waals surface area contributed by atoms with Crippen LogP contribution in [0.1, 0.15) is 49.8 Å². The number of benzene rings is 11. The van der Waals surface area contributed by atoms with Gasteiger partial charge in [0.25, 0.3) is 0 Å². The van der Waals surface area contributed by atoms with Crippen LogP contribution in [0.3, 0.4) is 0 Å². The summed E-state index contributed by atoms with van der Waals surface area (Å²) >= 11 is 0. The van der Waals surface area contributed by atoms with Crippen molar-refractivity contribution in [2.75, 3.05) is 0 Å². The molecule has 1 N–H and O–H groups in total. The maximum Gasteiger partial charge on any atom is 0.0465 e. The molecule has 1 heterocycles. The summed E-state index contributed by atoms with van der Waals surface area (Å²) in [7, 11) is 0. The van der Waals surface area contributed by atoms with Crippen LogP contribution in [-0.4, -0.2) is 4.98 Å². The maximum absolute atomic E-state index is 3.71. The summed E-state index contributed by atoms with van der Waals surface area (Å²) in [5.41, 5.74) is 12.4. The number of para-hydroxylation sites is 1. The second kappa shape index (κ2) is 10.9. The first-order valence-corrected chi connectivity index (χ1v) is 22.7. The van der Waals surface area contributed by atoms with E-state index in [4.69, 9.17) is 0 Å². The number of fused-ring (bicyclic) bond motifs is 17. The minimum absolute atomic E-state index is 0.101. The SMILES string of the molecule is CC(C)(C)c1ccc2c(c1)-c1ccc3c4c1C2CC=c4c1ccc2c4c(-c5ccc6[nH]c7ccccc7c6c5)c5cc6ccccc6c6c7ccccc7c(c4c4ccc3c1c24)c56. The Labute approximate surface area is 362 Å². The van der Waals surface area contributed by atoms with Gasteiger partial charge >= 0.3 is 0 Å². The lowest BCUT2D eigenvalue weighted by Gasteiger charge is -2.22. The van der Waals surface area contributed by atoms with Gasteiger partial charge in [-0.05, 0) is 177 Å². The lowest BCUT2D eigenvalue weighted by Crippen LogP contribution is -2.14. The number of hydrogen-bond donors (Lipinski definition) is 1. The number of hydrogen-bond acceptors (Lipinski definition) is 0. The van der Waals surface area contributed by atoms with Crippen LogP contribution in [0.15, 0.2) is 152 Å². The van der Waals surface area contributed by atoms with Gasteiger partial charge in [0.05, 0.1) is 0 Å². The predicted molar refractivity (Wildman–Crippen MR) is 271 cm³/mol. The molecule has 0 amide bonds. The van der Waals surface area contributed by atoms with Crippen molar-refractivity contribution in [3.05, 3.63) is 174 Å². The molecular weight excluding hydrogens is 759 g/mol. The van der Waals surface area contributed by atoms with Gasteiger partial charge in [0.15, 0.2) is 0 Å². The van der Waals surface area contributed by atoms with Crippen LogP contribution in [0, 0.1) is 0 Å². The molecule has 1 unspecified atom stereocenters. The Hall–Kier alpha value is -7.48. The minimum Gasteiger partial charge on any atom is -0.355 e. The molecule has 2 aliphatic carbocycles. The molecule has 1 atom stereocenters. The Kier molecular flexibility index (Phi) is 5.76. The second-order valence-corrected chi connectivity index (χ2v) is 19.9. The Morgan fingerprint density at radius 3 is 1.90 bits per heavy atom. The number of rotatable bonds is 1. The fourth-order valence-corrected chi connectivity index (χ4v) is 13.3. The van der Waals surface area contributed by atoms with E-state index in [1.54, 1.807) is 5.56 Å². The quantitative estimate of drug-likeness (QED) is 0.126. The van der Waals surface area contributed by atoms with Crippen LogP contribution in [-0.2, 0) is 5.41 Å². The van der Waals surface area contributed by atoms with Crippen molar-refractivity contribution in [3.8, 4) is 22.3 Å². The normalized spacial score (nSPS) is 15.1. The summed E-state index contributed by atoms with van der Waals surface area (Å²) in [6, 6.07) is 58.8. The Morgan fingerprint density at radius 1 is 0.429 bits per heavy atom. The average Bonchev–Trinajstić information content (AvgIpc) is 4.05. The highest BCUT2D eigenvalue weighted by atomic mass is 14.7. The highest BCUT2D eigenvalue weighted by Crippen LogP contribution is 2.57. The lowest BCUT2D eigenvalue weighted by atomic mass is 9.81. The molecule has 63 heavy (non-hydrogen) atoms. The van der Waals surface area contributed by atoms with Crippen LogP contribution in [0.2, 0.25) is 0 Å². The van der Waals surface area contributed by atoms with Crippen LogP contribution in [0.25, 0.3) is 147 Å². The van der Waals surface area contributed by atoms with Gasteiger partial charge in [-0.3, -0.25) is 0 Å². The van der Waals surface area contributed by atoms with Crippen LogP contribution < -0.4 is 5.22 Å². The molecule has 13 aromatic carbocycles. The molecular formula is C62H39N. The Morgan fingerprint density at radius 2 is 1.05 bits per heavy atom. The van der Waals surface area contributed by atoms with Crippen LogP contribution in [0.5, 0.6) is 0 Å². The summed E-state index contributed by atoms with van der Waals surface area (Å²) in [4.78, 5) is 3.71. The molecule has 292 valence electrons. The average molecular weight is 798 g/mol. The second-order valence-electron chi connectivity index (χ2n) is 19.9. The van der Waals surface area contributed by atoms with Crippen molar-refractivity contribution in [3.63, 3.8) is 0 Å². The fourth-order valence-electron chi connectivity index (χ4n) is 13.3. The monoisotopic (exact) mass is 797 g/mol. The number of aromatic nitrogens is 1. The van der Waals surface area contributed by atoms with E-state index in [0.717, 1.165) is 6.42 Å². The molecule has 1 heteroatoms. The van der Waals surface area contributed by atoms with E-state index in [2.05, 4.69) is 183 Å². The third-order valence-electron chi connectivity index (χ3n) is 15.9. The van der Waals surface area contributed by atoms with E-state index >= 15 is 0 Å². The van der Waals surface area contributed by atoms with E-state index in [1.165, 1.54) is 157 Å². The Bertz CT molecular complexity index is 4490. The van der Waals surface area contributed by atoms with Gasteiger partial charge in [-0.2, -0.15) is 0 Å². The first kappa shape index (κ1) is 33.2. The molecule has 1 aromatic heterocycles. The van der Waals surface area contributed by atoms with Crippen LogP contribution in [0.4, 0.5) is 0 Å². The molecule has 0 saturated carbocycles. The topological polar surface area (TPSA) is 15.8 Å².